The smallest absolute Gasteiger partial charge is 0.261 e. The van der Waals surface area contributed by atoms with Crippen molar-refractivity contribution in [1.29, 1.82) is 0 Å². The molecular weight excluding hydrogens is 238 g/mol. The second-order valence-electron chi connectivity index (χ2n) is 3.66. The molecule has 1 atom stereocenters. The van der Waals surface area contributed by atoms with E-state index in [1.807, 2.05) is 11.4 Å². The van der Waals surface area contributed by atoms with Crippen molar-refractivity contribution in [2.45, 2.75) is 6.92 Å². The largest absolute Gasteiger partial charge is 0.354 e. The fourth-order valence-corrected chi connectivity index (χ4v) is 1.78. The van der Waals surface area contributed by atoms with E-state index in [2.05, 4.69) is 10.6 Å². The van der Waals surface area contributed by atoms with Crippen molar-refractivity contribution in [2.75, 3.05) is 19.6 Å². The zero-order valence-corrected chi connectivity index (χ0v) is 10.5. The standard InChI is InChI=1S/C11H17N3O2S/c1-8(7-12)10(15)13-4-5-14-11(16)9-3-2-6-17-9/h2-3,6,8H,4-5,7,12H2,1H3,(H,13,15)(H,14,16). The molecule has 4 N–H and O–H groups in total. The highest BCUT2D eigenvalue weighted by molar-refractivity contribution is 7.12. The predicted molar refractivity (Wildman–Crippen MR) is 67.9 cm³/mol. The molecule has 0 saturated carbocycles. The molecule has 0 saturated heterocycles. The van der Waals surface area contributed by atoms with Crippen LogP contribution in [0.15, 0.2) is 17.5 Å². The van der Waals surface area contributed by atoms with Crippen molar-refractivity contribution in [3.63, 3.8) is 0 Å². The third kappa shape index (κ3) is 4.54. The van der Waals surface area contributed by atoms with E-state index in [1.165, 1.54) is 11.3 Å². The molecule has 0 radical (unpaired) electrons. The van der Waals surface area contributed by atoms with Gasteiger partial charge in [-0.3, -0.25) is 9.59 Å². The van der Waals surface area contributed by atoms with Crippen LogP contribution in [0.1, 0.15) is 16.6 Å². The van der Waals surface area contributed by atoms with Gasteiger partial charge in [0.25, 0.3) is 5.91 Å². The molecule has 1 unspecified atom stereocenters. The van der Waals surface area contributed by atoms with Crippen molar-refractivity contribution in [3.05, 3.63) is 22.4 Å². The number of hydrogen-bond acceptors (Lipinski definition) is 4. The lowest BCUT2D eigenvalue weighted by molar-refractivity contribution is -0.124. The van der Waals surface area contributed by atoms with Gasteiger partial charge in [0.05, 0.1) is 4.88 Å². The van der Waals surface area contributed by atoms with Gasteiger partial charge >= 0.3 is 0 Å². The van der Waals surface area contributed by atoms with Crippen LogP contribution >= 0.6 is 11.3 Å². The molecule has 0 aliphatic carbocycles. The quantitative estimate of drug-likeness (QED) is 0.634. The van der Waals surface area contributed by atoms with Gasteiger partial charge in [0.15, 0.2) is 0 Å². The summed E-state index contributed by atoms with van der Waals surface area (Å²) in [5, 5.41) is 7.27. The lowest BCUT2D eigenvalue weighted by Crippen LogP contribution is -2.38. The van der Waals surface area contributed by atoms with Gasteiger partial charge in [-0.1, -0.05) is 13.0 Å². The molecule has 2 amide bonds. The summed E-state index contributed by atoms with van der Waals surface area (Å²) in [5.74, 6) is -0.387. The van der Waals surface area contributed by atoms with Gasteiger partial charge in [-0.2, -0.15) is 0 Å². The molecule has 17 heavy (non-hydrogen) atoms. The second-order valence-corrected chi connectivity index (χ2v) is 4.61. The van der Waals surface area contributed by atoms with Crippen molar-refractivity contribution in [2.24, 2.45) is 11.7 Å². The molecule has 0 aliphatic heterocycles. The summed E-state index contributed by atoms with van der Waals surface area (Å²) in [6.45, 7) is 2.92. The second kappa shape index (κ2) is 7.03. The molecule has 0 fully saturated rings. The van der Waals surface area contributed by atoms with Crippen molar-refractivity contribution >= 4 is 23.2 Å². The highest BCUT2D eigenvalue weighted by Gasteiger charge is 2.10. The van der Waals surface area contributed by atoms with Crippen LogP contribution in [-0.2, 0) is 4.79 Å². The zero-order chi connectivity index (χ0) is 12.7. The minimum absolute atomic E-state index is 0.0853. The number of nitrogens with two attached hydrogens (primary N) is 1. The Kier molecular flexibility index (Phi) is 5.65. The van der Waals surface area contributed by atoms with Crippen LogP contribution in [0.4, 0.5) is 0 Å². The number of thiophene rings is 1. The van der Waals surface area contributed by atoms with Crippen LogP contribution in [-0.4, -0.2) is 31.4 Å². The fraction of sp³-hybridized carbons (Fsp3) is 0.455. The van der Waals surface area contributed by atoms with Crippen LogP contribution in [0.25, 0.3) is 0 Å². The molecule has 94 valence electrons. The minimum atomic E-state index is -0.192. The maximum absolute atomic E-state index is 11.5. The first-order chi connectivity index (χ1) is 8.15. The fourth-order valence-electron chi connectivity index (χ4n) is 1.14. The van der Waals surface area contributed by atoms with Crippen molar-refractivity contribution < 1.29 is 9.59 Å². The number of nitrogens with one attached hydrogen (secondary N) is 2. The molecule has 0 aliphatic rings. The minimum Gasteiger partial charge on any atom is -0.354 e. The predicted octanol–water partition coefficient (Wildman–Crippen LogP) is 0.189. The SMILES string of the molecule is CC(CN)C(=O)NCCNC(=O)c1cccs1. The Hall–Kier alpha value is -1.40. The van der Waals surface area contributed by atoms with Gasteiger partial charge in [-0.05, 0) is 11.4 Å². The van der Waals surface area contributed by atoms with Crippen LogP contribution in [0, 0.1) is 5.92 Å². The Morgan fingerprint density at radius 3 is 2.71 bits per heavy atom. The first-order valence-electron chi connectivity index (χ1n) is 5.44. The molecule has 1 aromatic heterocycles. The number of hydrogen-bond donors (Lipinski definition) is 3. The van der Waals surface area contributed by atoms with Gasteiger partial charge in [0, 0.05) is 25.6 Å². The van der Waals surface area contributed by atoms with E-state index in [9.17, 15) is 9.59 Å². The lowest BCUT2D eigenvalue weighted by atomic mass is 10.2. The molecule has 1 heterocycles. The van der Waals surface area contributed by atoms with Gasteiger partial charge in [0.1, 0.15) is 0 Å². The Morgan fingerprint density at radius 2 is 2.12 bits per heavy atom. The van der Waals surface area contributed by atoms with E-state index in [0.717, 1.165) is 0 Å². The topological polar surface area (TPSA) is 84.2 Å². The van der Waals surface area contributed by atoms with Gasteiger partial charge in [0.2, 0.25) is 5.91 Å². The summed E-state index contributed by atoms with van der Waals surface area (Å²) in [6, 6.07) is 3.58. The summed E-state index contributed by atoms with van der Waals surface area (Å²) < 4.78 is 0. The Labute approximate surface area is 104 Å². The van der Waals surface area contributed by atoms with E-state index < -0.39 is 0 Å². The Bertz CT molecular complexity index is 365. The maximum atomic E-state index is 11.5. The summed E-state index contributed by atoms with van der Waals surface area (Å²) in [6.07, 6.45) is 0. The van der Waals surface area contributed by atoms with Gasteiger partial charge in [-0.25, -0.2) is 0 Å². The number of rotatable bonds is 6. The van der Waals surface area contributed by atoms with E-state index >= 15 is 0 Å². The summed E-state index contributed by atoms with van der Waals surface area (Å²) in [4.78, 5) is 23.5. The molecular formula is C11H17N3O2S. The monoisotopic (exact) mass is 255 g/mol. The van der Waals surface area contributed by atoms with E-state index in [1.54, 1.807) is 13.0 Å². The molecule has 6 heteroatoms. The zero-order valence-electron chi connectivity index (χ0n) is 9.73. The van der Waals surface area contributed by atoms with Crippen LogP contribution in [0.2, 0.25) is 0 Å². The van der Waals surface area contributed by atoms with Crippen molar-refractivity contribution in [3.8, 4) is 0 Å². The highest BCUT2D eigenvalue weighted by Crippen LogP contribution is 2.07. The third-order valence-electron chi connectivity index (χ3n) is 2.26. The van der Waals surface area contributed by atoms with Crippen LogP contribution in [0.3, 0.4) is 0 Å². The summed E-state index contributed by atoms with van der Waals surface area (Å²) in [5.41, 5.74) is 5.36. The maximum Gasteiger partial charge on any atom is 0.261 e. The Morgan fingerprint density at radius 1 is 1.41 bits per heavy atom. The lowest BCUT2D eigenvalue weighted by Gasteiger charge is -2.10. The average Bonchev–Trinajstić information content (AvgIpc) is 2.86. The first kappa shape index (κ1) is 13.7. The van der Waals surface area contributed by atoms with Gasteiger partial charge in [-0.15, -0.1) is 11.3 Å². The molecule has 0 spiro atoms. The number of carbonyl (C=O) groups is 2. The average molecular weight is 255 g/mol. The van der Waals surface area contributed by atoms with Crippen LogP contribution in [0.5, 0.6) is 0 Å². The number of carbonyl (C=O) groups excluding carboxylic acids is 2. The van der Waals surface area contributed by atoms with Gasteiger partial charge < -0.3 is 16.4 Å². The van der Waals surface area contributed by atoms with Crippen LogP contribution < -0.4 is 16.4 Å². The Balaban J connectivity index is 2.16. The molecule has 0 aromatic carbocycles. The highest BCUT2D eigenvalue weighted by atomic mass is 32.1. The van der Waals surface area contributed by atoms with E-state index in [-0.39, 0.29) is 17.7 Å². The molecule has 1 aromatic rings. The third-order valence-corrected chi connectivity index (χ3v) is 3.12. The van der Waals surface area contributed by atoms with E-state index in [4.69, 9.17) is 5.73 Å². The molecule has 5 nitrogen and oxygen atoms in total. The summed E-state index contributed by atoms with van der Waals surface area (Å²) >= 11 is 1.39. The van der Waals surface area contributed by atoms with E-state index in [0.29, 0.717) is 24.5 Å². The summed E-state index contributed by atoms with van der Waals surface area (Å²) in [7, 11) is 0. The normalized spacial score (nSPS) is 11.9. The number of amides is 2. The van der Waals surface area contributed by atoms with Crippen molar-refractivity contribution in [1.82, 2.24) is 10.6 Å². The first-order valence-corrected chi connectivity index (χ1v) is 6.32. The molecule has 1 rings (SSSR count). The molecule has 0 bridgehead atoms.